The lowest BCUT2D eigenvalue weighted by Gasteiger charge is -2.18. The van der Waals surface area contributed by atoms with Gasteiger partial charge in [-0.3, -0.25) is 4.79 Å². The molecule has 9 nitrogen and oxygen atoms in total. The molecule has 0 radical (unpaired) electrons. The summed E-state index contributed by atoms with van der Waals surface area (Å²) in [6.45, 7) is 29.1. The summed E-state index contributed by atoms with van der Waals surface area (Å²) in [5.74, 6) is -0.237. The first-order valence-electron chi connectivity index (χ1n) is 27.2. The van der Waals surface area contributed by atoms with Gasteiger partial charge in [0.05, 0.1) is 66.2 Å². The van der Waals surface area contributed by atoms with Crippen molar-refractivity contribution >= 4 is 107 Å². The average Bonchev–Trinajstić information content (AvgIpc) is 2.73. The second-order valence-corrected chi connectivity index (χ2v) is 26.8. The lowest BCUT2D eigenvalue weighted by atomic mass is 9.84. The van der Waals surface area contributed by atoms with Crippen molar-refractivity contribution in [3.63, 3.8) is 0 Å². The zero-order chi connectivity index (χ0) is 65.9. The number of rotatable bonds is 9. The summed E-state index contributed by atoms with van der Waals surface area (Å²) in [7, 11) is 1.37. The quantitative estimate of drug-likeness (QED) is 0.0806. The van der Waals surface area contributed by atoms with E-state index < -0.39 is 16.2 Å². The van der Waals surface area contributed by atoms with Crippen molar-refractivity contribution in [2.75, 3.05) is 7.11 Å². The van der Waals surface area contributed by atoms with Gasteiger partial charge >= 0.3 is 5.97 Å². The Labute approximate surface area is 563 Å². The van der Waals surface area contributed by atoms with E-state index in [2.05, 4.69) is 156 Å². The van der Waals surface area contributed by atoms with Crippen LogP contribution in [0.25, 0.3) is 0 Å². The van der Waals surface area contributed by atoms with Gasteiger partial charge in [0.2, 0.25) is 0 Å². The van der Waals surface area contributed by atoms with Crippen LogP contribution in [-0.2, 0) is 39.3 Å². The van der Waals surface area contributed by atoms with E-state index >= 15 is 0 Å². The number of benzene rings is 7. The number of nitriles is 4. The average molecular weight is 1550 g/mol. The van der Waals surface area contributed by atoms with Crippen molar-refractivity contribution in [3.8, 4) is 24.3 Å². The highest BCUT2D eigenvalue weighted by Crippen LogP contribution is 2.29. The number of hydrogen-bond donors (Lipinski definition) is 2. The molecule has 15 heteroatoms. The third kappa shape index (κ3) is 26.4. The molecule has 454 valence electrons. The van der Waals surface area contributed by atoms with Crippen molar-refractivity contribution in [1.82, 2.24) is 0 Å². The zero-order valence-corrected chi connectivity index (χ0v) is 61.6. The molecule has 0 aliphatic rings. The monoisotopic (exact) mass is 1540 g/mol. The van der Waals surface area contributed by atoms with Gasteiger partial charge in [-0.15, -0.1) is 0 Å². The highest BCUT2D eigenvalue weighted by atomic mass is 79.9. The molecular formula is C71H79Br6N5O4. The van der Waals surface area contributed by atoms with Crippen LogP contribution in [0.2, 0.25) is 0 Å². The van der Waals surface area contributed by atoms with Crippen LogP contribution in [0.3, 0.4) is 0 Å². The summed E-state index contributed by atoms with van der Waals surface area (Å²) < 4.78 is 10.0. The number of methoxy groups -OCH3 is 1. The minimum absolute atomic E-state index is 0.0456. The molecule has 1 atom stereocenters. The topological polar surface area (TPSA) is 185 Å². The highest BCUT2D eigenvalue weighted by molar-refractivity contribution is 9.11. The molecule has 0 heterocycles. The number of halogens is 6. The molecule has 0 aromatic heterocycles. The molecule has 7 aromatic rings. The molecule has 7 rings (SSSR count). The van der Waals surface area contributed by atoms with Crippen LogP contribution in [0.5, 0.6) is 0 Å². The fraction of sp³-hybridized carbons (Fsp3) is 0.324. The van der Waals surface area contributed by atoms with Crippen molar-refractivity contribution in [3.05, 3.63) is 239 Å². The smallest absolute Gasteiger partial charge is 0.337 e. The molecule has 7 aromatic carbocycles. The SMILES string of the molecule is CC(=O)c1ccc(C(C)(C)C#N)cc1C.COC(=O)c1ccc(Br)c(C)c1.Cc1cc(C(C)(C)C#N)ccc1Br.Cc1cc(C(C)(C)C#N)ccc1C(C)N.Cc1cc(CBr)ccc1Br.Cc1cc(CC#N)ccc1Br.Cc1cc(CO)ccc1Br. The van der Waals surface area contributed by atoms with Crippen LogP contribution in [0.15, 0.2) is 150 Å². The molecule has 0 saturated carbocycles. The van der Waals surface area contributed by atoms with E-state index in [9.17, 15) is 9.59 Å². The van der Waals surface area contributed by atoms with Crippen molar-refractivity contribution < 1.29 is 19.4 Å². The number of esters is 1. The maximum absolute atomic E-state index is 11.2. The van der Waals surface area contributed by atoms with E-state index in [1.165, 1.54) is 33.8 Å². The lowest BCUT2D eigenvalue weighted by Crippen LogP contribution is -2.15. The molecule has 0 aliphatic heterocycles. The van der Waals surface area contributed by atoms with E-state index in [4.69, 9.17) is 31.9 Å². The fourth-order valence-electron chi connectivity index (χ4n) is 7.64. The Morgan fingerprint density at radius 1 is 0.512 bits per heavy atom. The Hall–Kier alpha value is -5.56. The van der Waals surface area contributed by atoms with Crippen LogP contribution in [0.4, 0.5) is 0 Å². The number of ether oxygens (including phenoxy) is 1. The van der Waals surface area contributed by atoms with E-state index in [-0.39, 0.29) is 24.4 Å². The number of carbonyl (C=O) groups excluding carboxylic acids is 2. The normalized spacial score (nSPS) is 10.7. The zero-order valence-electron chi connectivity index (χ0n) is 52.1. The van der Waals surface area contributed by atoms with Crippen molar-refractivity contribution in [1.29, 1.82) is 21.0 Å². The minimum atomic E-state index is -0.500. The van der Waals surface area contributed by atoms with Gasteiger partial charge in [-0.25, -0.2) is 4.79 Å². The molecule has 3 N–H and O–H groups in total. The molecule has 0 bridgehead atoms. The van der Waals surface area contributed by atoms with E-state index in [1.54, 1.807) is 25.1 Å². The largest absolute Gasteiger partial charge is 0.465 e. The Bertz CT molecular complexity index is 3530. The van der Waals surface area contributed by atoms with Gasteiger partial charge in [-0.2, -0.15) is 21.0 Å². The molecular weight excluding hydrogens is 1470 g/mol. The predicted molar refractivity (Wildman–Crippen MR) is 374 cm³/mol. The number of Topliss-reactive ketones (excluding diaryl/α,β-unsaturated/α-hetero) is 1. The Morgan fingerprint density at radius 3 is 1.21 bits per heavy atom. The fourth-order valence-corrected chi connectivity index (χ4v) is 9.22. The van der Waals surface area contributed by atoms with Crippen LogP contribution in [0, 0.1) is 93.8 Å². The van der Waals surface area contributed by atoms with Gasteiger partial charge in [0.15, 0.2) is 5.78 Å². The van der Waals surface area contributed by atoms with Crippen LogP contribution >= 0.6 is 95.6 Å². The summed E-state index contributed by atoms with van der Waals surface area (Å²) in [4.78, 5) is 22.3. The Kier molecular flexibility index (Phi) is 34.6. The number of carbonyl (C=O) groups is 2. The second kappa shape index (κ2) is 38.0. The third-order valence-electron chi connectivity index (χ3n) is 13.4. The molecule has 0 aliphatic carbocycles. The van der Waals surface area contributed by atoms with Crippen LogP contribution in [-0.4, -0.2) is 24.0 Å². The summed E-state index contributed by atoms with van der Waals surface area (Å²) >= 11 is 20.4. The Balaban J connectivity index is 0.000000504. The van der Waals surface area contributed by atoms with Gasteiger partial charge in [0.25, 0.3) is 0 Å². The number of alkyl halides is 1. The number of ketones is 1. The molecule has 0 fully saturated rings. The summed E-state index contributed by atoms with van der Waals surface area (Å²) in [6.07, 6.45) is 0.494. The van der Waals surface area contributed by atoms with E-state index in [1.807, 2.05) is 175 Å². The predicted octanol–water partition coefficient (Wildman–Crippen LogP) is 20.6. The summed E-state index contributed by atoms with van der Waals surface area (Å²) in [5, 5.41) is 45.1. The molecule has 1 unspecified atom stereocenters. The number of nitrogens with two attached hydrogens (primary N) is 1. The van der Waals surface area contributed by atoms with Crippen molar-refractivity contribution in [2.24, 2.45) is 5.73 Å². The third-order valence-corrected chi connectivity index (χ3v) is 18.5. The molecule has 86 heavy (non-hydrogen) atoms. The van der Waals surface area contributed by atoms with Gasteiger partial charge in [-0.1, -0.05) is 181 Å². The van der Waals surface area contributed by atoms with E-state index in [0.29, 0.717) is 12.0 Å². The summed E-state index contributed by atoms with van der Waals surface area (Å²) in [5.41, 5.74) is 21.3. The maximum Gasteiger partial charge on any atom is 0.337 e. The Morgan fingerprint density at radius 2 is 0.860 bits per heavy atom. The second-order valence-electron chi connectivity index (χ2n) is 22.0. The number of hydrogen-bond acceptors (Lipinski definition) is 9. The molecule has 0 spiro atoms. The minimum Gasteiger partial charge on any atom is -0.465 e. The maximum atomic E-state index is 11.2. The number of aryl methyl sites for hydroxylation is 7. The molecule has 0 amide bonds. The highest BCUT2D eigenvalue weighted by Gasteiger charge is 2.22. The van der Waals surface area contributed by atoms with Crippen LogP contribution in [0.1, 0.15) is 160 Å². The van der Waals surface area contributed by atoms with E-state index in [0.717, 1.165) is 84.4 Å². The van der Waals surface area contributed by atoms with Gasteiger partial charge < -0.3 is 15.6 Å². The first-order chi connectivity index (χ1) is 40.1. The number of aliphatic hydroxyl groups is 1. The molecule has 0 saturated heterocycles. The first-order valence-corrected chi connectivity index (χ1v) is 32.3. The lowest BCUT2D eigenvalue weighted by molar-refractivity contribution is 0.0600. The van der Waals surface area contributed by atoms with Gasteiger partial charge in [0, 0.05) is 39.3 Å². The first kappa shape index (κ1) is 78.5. The standard InChI is InChI=1S/C13H18N2.C13H15NO.C11H12BrN.C9H8BrN.C9H9BrO2.C8H8Br2.C8H9BrO/c2*1-9-7-11(13(3,4)8-14)5-6-12(9)10(2)15;1-8-6-9(4-5-10(8)12)11(2,3)7-13;1-7-6-8(4-5-11)2-3-9(7)10;1-6-5-7(9(11)12-2)3-4-8(6)10;1-6-4-7(5-9)2-3-8(6)10;1-6-4-7(5-10)2-3-8(6)9/h5-7,10H,15H2,1-4H3;5-7H,1-4H3;4-6H,1-3H3;2-3,6H,4H2,1H3;3-5H,1-2H3;2-4H,5H2,1H3;2-4,10H,5H2,1H3. The van der Waals surface area contributed by atoms with Crippen LogP contribution < -0.4 is 5.73 Å². The van der Waals surface area contributed by atoms with Gasteiger partial charge in [0.1, 0.15) is 0 Å². The number of nitrogens with zero attached hydrogens (tertiary/aromatic N) is 4. The van der Waals surface area contributed by atoms with Gasteiger partial charge in [-0.05, 0) is 224 Å². The number of aliphatic hydroxyl groups excluding tert-OH is 1. The van der Waals surface area contributed by atoms with Crippen molar-refractivity contribution in [2.45, 2.75) is 145 Å². The summed E-state index contributed by atoms with van der Waals surface area (Å²) in [6, 6.07) is 50.1.